The van der Waals surface area contributed by atoms with Crippen molar-refractivity contribution in [2.24, 2.45) is 0 Å². The lowest BCUT2D eigenvalue weighted by atomic mass is 10.1. The van der Waals surface area contributed by atoms with Crippen molar-refractivity contribution in [1.29, 1.82) is 0 Å². The molecule has 1 heterocycles. The van der Waals surface area contributed by atoms with Crippen LogP contribution in [0, 0.1) is 0 Å². The van der Waals surface area contributed by atoms with Crippen LogP contribution in [0.3, 0.4) is 0 Å². The van der Waals surface area contributed by atoms with E-state index >= 15 is 0 Å². The van der Waals surface area contributed by atoms with Crippen LogP contribution in [0.5, 0.6) is 0 Å². The molecule has 182 valence electrons. The van der Waals surface area contributed by atoms with E-state index in [1.54, 1.807) is 0 Å². The van der Waals surface area contributed by atoms with Crippen molar-refractivity contribution in [3.8, 4) is 0 Å². The normalized spacial score (nSPS) is 23.4. The number of hydrogen-bond acceptors (Lipinski definition) is 7. The smallest absolute Gasteiger partial charge is 0.408 e. The number of ether oxygens (including phenoxy) is 5. The maximum Gasteiger partial charge on any atom is 0.408 e. The summed E-state index contributed by atoms with van der Waals surface area (Å²) in [7, 11) is 0. The minimum atomic E-state index is -1.02. The van der Waals surface area contributed by atoms with E-state index in [0.29, 0.717) is 19.6 Å². The van der Waals surface area contributed by atoms with E-state index in [1.165, 1.54) is 0 Å². The molecular formula is C25H35NO7. The standard InChI is InChI=1S/C25H35NO7/c1-6-21-23(31-13-18(4)5)22(30-12-17(2)3)16-29-15-20(24(27)33-21)26-25(28)32-14-19-10-8-7-9-11-19/h7-11,20-23H,2,4,6,12-16H2,1,3,5H3,(H,26,28)/t20-,21-,22+,23+/m1/s1. The molecule has 1 N–H and O–H groups in total. The van der Waals surface area contributed by atoms with Crippen LogP contribution in [0.4, 0.5) is 4.79 Å². The Morgan fingerprint density at radius 1 is 1.09 bits per heavy atom. The van der Waals surface area contributed by atoms with Gasteiger partial charge in [0.25, 0.3) is 0 Å². The highest BCUT2D eigenvalue weighted by atomic mass is 16.6. The van der Waals surface area contributed by atoms with Gasteiger partial charge in [-0.3, -0.25) is 0 Å². The van der Waals surface area contributed by atoms with Crippen molar-refractivity contribution < 1.29 is 33.3 Å². The number of rotatable bonds is 10. The van der Waals surface area contributed by atoms with E-state index in [1.807, 2.05) is 51.1 Å². The molecule has 1 aliphatic heterocycles. The number of benzene rings is 1. The molecule has 33 heavy (non-hydrogen) atoms. The zero-order valence-corrected chi connectivity index (χ0v) is 19.7. The lowest BCUT2D eigenvalue weighted by Gasteiger charge is -2.32. The highest BCUT2D eigenvalue weighted by molar-refractivity contribution is 5.81. The zero-order valence-electron chi connectivity index (χ0n) is 19.7. The lowest BCUT2D eigenvalue weighted by Crippen LogP contribution is -2.47. The third-order valence-corrected chi connectivity index (χ3v) is 4.82. The van der Waals surface area contributed by atoms with Crippen molar-refractivity contribution in [1.82, 2.24) is 5.32 Å². The van der Waals surface area contributed by atoms with E-state index in [-0.39, 0.29) is 19.8 Å². The Labute approximate surface area is 195 Å². The molecular weight excluding hydrogens is 426 g/mol. The molecule has 1 aromatic carbocycles. The van der Waals surface area contributed by atoms with Gasteiger partial charge in [0.05, 0.1) is 26.4 Å². The maximum absolute atomic E-state index is 12.9. The fraction of sp³-hybridized carbons (Fsp3) is 0.520. The molecule has 1 saturated heterocycles. The predicted molar refractivity (Wildman–Crippen MR) is 124 cm³/mol. The van der Waals surface area contributed by atoms with Gasteiger partial charge in [-0.1, -0.05) is 61.6 Å². The van der Waals surface area contributed by atoms with Gasteiger partial charge in [-0.2, -0.15) is 0 Å². The molecule has 1 aromatic rings. The molecule has 0 spiro atoms. The Balaban J connectivity index is 2.07. The van der Waals surface area contributed by atoms with Gasteiger partial charge in [0, 0.05) is 0 Å². The Morgan fingerprint density at radius 2 is 1.76 bits per heavy atom. The average Bonchev–Trinajstić information content (AvgIpc) is 2.84. The summed E-state index contributed by atoms with van der Waals surface area (Å²) in [5, 5.41) is 2.54. The summed E-state index contributed by atoms with van der Waals surface area (Å²) in [6.45, 7) is 14.1. The first-order valence-electron chi connectivity index (χ1n) is 11.1. The Kier molecular flexibility index (Phi) is 11.1. The largest absolute Gasteiger partial charge is 0.458 e. The van der Waals surface area contributed by atoms with Gasteiger partial charge >= 0.3 is 12.1 Å². The molecule has 1 fully saturated rings. The van der Waals surface area contributed by atoms with E-state index in [9.17, 15) is 9.59 Å². The van der Waals surface area contributed by atoms with Crippen LogP contribution in [0.25, 0.3) is 0 Å². The van der Waals surface area contributed by atoms with E-state index in [0.717, 1.165) is 16.7 Å². The number of nitrogens with one attached hydrogen (secondary N) is 1. The minimum Gasteiger partial charge on any atom is -0.458 e. The van der Waals surface area contributed by atoms with Gasteiger partial charge in [-0.05, 0) is 25.8 Å². The van der Waals surface area contributed by atoms with E-state index < -0.39 is 36.4 Å². The van der Waals surface area contributed by atoms with Gasteiger partial charge in [0.2, 0.25) is 0 Å². The summed E-state index contributed by atoms with van der Waals surface area (Å²) in [5.74, 6) is -0.622. The van der Waals surface area contributed by atoms with Crippen LogP contribution in [0.1, 0.15) is 32.8 Å². The first kappa shape index (κ1) is 26.6. The molecule has 0 saturated carbocycles. The molecule has 0 bridgehead atoms. The lowest BCUT2D eigenvalue weighted by molar-refractivity contribution is -0.168. The second-order valence-corrected chi connectivity index (χ2v) is 8.22. The highest BCUT2D eigenvalue weighted by Crippen LogP contribution is 2.20. The number of alkyl carbamates (subject to hydrolysis) is 1. The molecule has 4 atom stereocenters. The maximum atomic E-state index is 12.9. The minimum absolute atomic E-state index is 0.0838. The monoisotopic (exact) mass is 461 g/mol. The second kappa shape index (κ2) is 13.8. The molecule has 1 amide bonds. The topological polar surface area (TPSA) is 92.3 Å². The first-order chi connectivity index (χ1) is 15.8. The van der Waals surface area contributed by atoms with Gasteiger partial charge in [0.15, 0.2) is 6.04 Å². The molecule has 2 rings (SSSR count). The van der Waals surface area contributed by atoms with Crippen LogP contribution in [0.15, 0.2) is 54.6 Å². The summed E-state index contributed by atoms with van der Waals surface area (Å²) in [4.78, 5) is 25.1. The number of carbonyl (C=O) groups excluding carboxylic acids is 2. The Bertz CT molecular complexity index is 795. The first-order valence-corrected chi connectivity index (χ1v) is 11.1. The molecule has 0 aliphatic carbocycles. The summed E-state index contributed by atoms with van der Waals surface area (Å²) >= 11 is 0. The van der Waals surface area contributed by atoms with E-state index in [4.69, 9.17) is 23.7 Å². The van der Waals surface area contributed by atoms with Crippen molar-refractivity contribution >= 4 is 12.1 Å². The number of amides is 1. The molecule has 8 heteroatoms. The quantitative estimate of drug-likeness (QED) is 0.421. The van der Waals surface area contributed by atoms with Crippen molar-refractivity contribution in [3.63, 3.8) is 0 Å². The number of hydrogen-bond donors (Lipinski definition) is 1. The average molecular weight is 462 g/mol. The molecule has 0 unspecified atom stereocenters. The van der Waals surface area contributed by atoms with Gasteiger partial charge in [-0.15, -0.1) is 0 Å². The Morgan fingerprint density at radius 3 is 2.39 bits per heavy atom. The summed E-state index contributed by atoms with van der Waals surface area (Å²) < 4.78 is 28.7. The van der Waals surface area contributed by atoms with Crippen molar-refractivity contribution in [3.05, 3.63) is 60.2 Å². The van der Waals surface area contributed by atoms with Crippen LogP contribution >= 0.6 is 0 Å². The summed E-state index contributed by atoms with van der Waals surface area (Å²) in [6.07, 6.45) is -1.91. The summed E-state index contributed by atoms with van der Waals surface area (Å²) in [6, 6.07) is 8.23. The number of carbonyl (C=O) groups is 2. The van der Waals surface area contributed by atoms with Crippen molar-refractivity contribution in [2.75, 3.05) is 26.4 Å². The molecule has 8 nitrogen and oxygen atoms in total. The van der Waals surface area contributed by atoms with Crippen LogP contribution in [-0.2, 0) is 35.1 Å². The highest BCUT2D eigenvalue weighted by Gasteiger charge is 2.37. The van der Waals surface area contributed by atoms with Gasteiger partial charge in [0.1, 0.15) is 24.9 Å². The van der Waals surface area contributed by atoms with Crippen LogP contribution in [-0.4, -0.2) is 62.8 Å². The van der Waals surface area contributed by atoms with Gasteiger partial charge < -0.3 is 29.0 Å². The fourth-order valence-electron chi connectivity index (χ4n) is 3.17. The van der Waals surface area contributed by atoms with Crippen LogP contribution < -0.4 is 5.32 Å². The van der Waals surface area contributed by atoms with E-state index in [2.05, 4.69) is 18.5 Å². The van der Waals surface area contributed by atoms with Gasteiger partial charge in [-0.25, -0.2) is 9.59 Å². The predicted octanol–water partition coefficient (Wildman–Crippen LogP) is 3.56. The molecule has 0 radical (unpaired) electrons. The fourth-order valence-corrected chi connectivity index (χ4v) is 3.17. The SMILES string of the molecule is C=C(C)CO[C@@H]1[C@@H](OCC(=C)C)COC[C@@H](NC(=O)OCc2ccccc2)C(=O)O[C@@H]1CC. The molecule has 0 aromatic heterocycles. The third kappa shape index (κ3) is 9.37. The van der Waals surface area contributed by atoms with Crippen LogP contribution in [0.2, 0.25) is 0 Å². The number of esters is 1. The third-order valence-electron chi connectivity index (χ3n) is 4.82. The Hall–Kier alpha value is -2.68. The summed E-state index contributed by atoms with van der Waals surface area (Å²) in [5.41, 5.74) is 2.51. The zero-order chi connectivity index (χ0) is 24.2. The second-order valence-electron chi connectivity index (χ2n) is 8.22. The van der Waals surface area contributed by atoms with Crippen molar-refractivity contribution in [2.45, 2.75) is 58.2 Å². The number of cyclic esters (lactones) is 1. The molecule has 1 aliphatic rings.